The Hall–Kier alpha value is -1.14. The first-order valence-electron chi connectivity index (χ1n) is 6.06. The highest BCUT2D eigenvalue weighted by Crippen LogP contribution is 2.21. The second-order valence-corrected chi connectivity index (χ2v) is 6.56. The second-order valence-electron chi connectivity index (χ2n) is 4.57. The average molecular weight is 270 g/mol. The van der Waals surface area contributed by atoms with E-state index in [1.54, 1.807) is 12.3 Å². The van der Waals surface area contributed by atoms with Gasteiger partial charge in [-0.25, -0.2) is 13.4 Å². The fourth-order valence-corrected chi connectivity index (χ4v) is 2.80. The minimum absolute atomic E-state index is 0.162. The summed E-state index contributed by atoms with van der Waals surface area (Å²) in [5.74, 6) is 0.835. The second kappa shape index (κ2) is 5.67. The number of aromatic nitrogens is 1. The van der Waals surface area contributed by atoms with E-state index in [2.05, 4.69) is 10.3 Å². The van der Waals surface area contributed by atoms with Crippen molar-refractivity contribution in [3.05, 3.63) is 18.3 Å². The zero-order chi connectivity index (χ0) is 13.0. The molecule has 18 heavy (non-hydrogen) atoms. The van der Waals surface area contributed by atoms with Crippen molar-refractivity contribution in [2.24, 2.45) is 5.92 Å². The smallest absolute Gasteiger partial charge is 0.232 e. The maximum atomic E-state index is 11.5. The fraction of sp³-hybridized carbons (Fsp3) is 0.583. The summed E-state index contributed by atoms with van der Waals surface area (Å²) < 4.78 is 28.6. The zero-order valence-electron chi connectivity index (χ0n) is 10.4. The molecule has 1 saturated heterocycles. The molecule has 1 fully saturated rings. The number of ether oxygens (including phenoxy) is 1. The molecule has 0 bridgehead atoms. The Bertz CT molecular complexity index is 496. The Morgan fingerprint density at radius 1 is 1.56 bits per heavy atom. The lowest BCUT2D eigenvalue weighted by molar-refractivity contribution is 0.267. The average Bonchev–Trinajstić information content (AvgIpc) is 2.81. The molecule has 5 nitrogen and oxygen atoms in total. The standard InChI is InChI=1S/C12H18N2O3S/c1-18(15,16)11-3-2-6-14-12(11)17-8-5-10-4-7-13-9-10/h2-3,6,10,13H,4-5,7-9H2,1H3. The van der Waals surface area contributed by atoms with Crippen molar-refractivity contribution in [3.8, 4) is 5.88 Å². The van der Waals surface area contributed by atoms with Crippen LogP contribution in [-0.4, -0.2) is 39.4 Å². The minimum atomic E-state index is -3.28. The fourth-order valence-electron chi connectivity index (χ4n) is 2.05. The van der Waals surface area contributed by atoms with Gasteiger partial charge in [-0.1, -0.05) is 0 Å². The van der Waals surface area contributed by atoms with Gasteiger partial charge in [-0.05, 0) is 44.0 Å². The molecule has 1 aliphatic rings. The highest BCUT2D eigenvalue weighted by molar-refractivity contribution is 7.90. The van der Waals surface area contributed by atoms with Crippen molar-refractivity contribution in [2.45, 2.75) is 17.7 Å². The van der Waals surface area contributed by atoms with E-state index < -0.39 is 9.84 Å². The summed E-state index contributed by atoms with van der Waals surface area (Å²) in [4.78, 5) is 4.15. The lowest BCUT2D eigenvalue weighted by Gasteiger charge is -2.11. The van der Waals surface area contributed by atoms with Crippen molar-refractivity contribution in [3.63, 3.8) is 0 Å². The maximum Gasteiger partial charge on any atom is 0.232 e. The first-order chi connectivity index (χ1) is 8.57. The summed E-state index contributed by atoms with van der Waals surface area (Å²) in [6.45, 7) is 2.58. The molecule has 1 atom stereocenters. The molecule has 0 spiro atoms. The van der Waals surface area contributed by atoms with Crippen molar-refractivity contribution in [1.29, 1.82) is 0 Å². The monoisotopic (exact) mass is 270 g/mol. The molecule has 100 valence electrons. The van der Waals surface area contributed by atoms with Gasteiger partial charge in [0, 0.05) is 12.5 Å². The van der Waals surface area contributed by atoms with Gasteiger partial charge in [0.05, 0.1) is 6.61 Å². The number of hydrogen-bond donors (Lipinski definition) is 1. The molecular formula is C12H18N2O3S. The molecule has 0 amide bonds. The summed E-state index contributed by atoms with van der Waals surface area (Å²) in [6, 6.07) is 3.12. The van der Waals surface area contributed by atoms with Crippen molar-refractivity contribution in [1.82, 2.24) is 10.3 Å². The van der Waals surface area contributed by atoms with E-state index in [1.807, 2.05) is 0 Å². The Morgan fingerprint density at radius 2 is 2.39 bits per heavy atom. The predicted molar refractivity (Wildman–Crippen MR) is 68.4 cm³/mol. The number of hydrogen-bond acceptors (Lipinski definition) is 5. The minimum Gasteiger partial charge on any atom is -0.477 e. The third-order valence-electron chi connectivity index (χ3n) is 3.06. The molecule has 1 aromatic rings. The van der Waals surface area contributed by atoms with E-state index in [1.165, 1.54) is 6.07 Å². The van der Waals surface area contributed by atoms with Gasteiger partial charge in [0.25, 0.3) is 0 Å². The van der Waals surface area contributed by atoms with Crippen molar-refractivity contribution >= 4 is 9.84 Å². The first-order valence-corrected chi connectivity index (χ1v) is 7.95. The first kappa shape index (κ1) is 13.3. The van der Waals surface area contributed by atoms with Crippen LogP contribution in [0.15, 0.2) is 23.2 Å². The molecule has 1 aromatic heterocycles. The SMILES string of the molecule is CS(=O)(=O)c1cccnc1OCCC1CCNC1. The summed E-state index contributed by atoms with van der Waals surface area (Å²) in [7, 11) is -3.28. The number of nitrogens with zero attached hydrogens (tertiary/aromatic N) is 1. The predicted octanol–water partition coefficient (Wildman–Crippen LogP) is 0.863. The van der Waals surface area contributed by atoms with Crippen LogP contribution in [0, 0.1) is 5.92 Å². The van der Waals surface area contributed by atoms with Crippen LogP contribution in [0.3, 0.4) is 0 Å². The summed E-state index contributed by atoms with van der Waals surface area (Å²) in [5.41, 5.74) is 0. The van der Waals surface area contributed by atoms with Crippen LogP contribution >= 0.6 is 0 Å². The summed E-state index contributed by atoms with van der Waals surface area (Å²) in [6.07, 6.45) is 4.79. The highest BCUT2D eigenvalue weighted by Gasteiger charge is 2.17. The quantitative estimate of drug-likeness (QED) is 0.859. The third-order valence-corrected chi connectivity index (χ3v) is 4.17. The van der Waals surface area contributed by atoms with Gasteiger partial charge in [0.2, 0.25) is 5.88 Å². The third kappa shape index (κ3) is 3.43. The van der Waals surface area contributed by atoms with E-state index >= 15 is 0 Å². The van der Waals surface area contributed by atoms with Gasteiger partial charge in [0.15, 0.2) is 9.84 Å². The number of nitrogens with one attached hydrogen (secondary N) is 1. The molecule has 0 aromatic carbocycles. The van der Waals surface area contributed by atoms with Crippen LogP contribution in [0.5, 0.6) is 5.88 Å². The number of pyridine rings is 1. The van der Waals surface area contributed by atoms with Gasteiger partial charge in [0.1, 0.15) is 4.90 Å². The molecule has 0 aliphatic carbocycles. The van der Waals surface area contributed by atoms with Crippen LogP contribution in [0.1, 0.15) is 12.8 Å². The Labute approximate surface area is 107 Å². The molecule has 6 heteroatoms. The zero-order valence-corrected chi connectivity index (χ0v) is 11.2. The van der Waals surface area contributed by atoms with Crippen LogP contribution in [0.2, 0.25) is 0 Å². The van der Waals surface area contributed by atoms with Gasteiger partial charge in [-0.15, -0.1) is 0 Å². The Balaban J connectivity index is 1.96. The molecular weight excluding hydrogens is 252 g/mol. The maximum absolute atomic E-state index is 11.5. The molecule has 0 saturated carbocycles. The van der Waals surface area contributed by atoms with Gasteiger partial charge in [-0.3, -0.25) is 0 Å². The Morgan fingerprint density at radius 3 is 3.06 bits per heavy atom. The van der Waals surface area contributed by atoms with Crippen LogP contribution in [0.4, 0.5) is 0 Å². The molecule has 2 heterocycles. The van der Waals surface area contributed by atoms with E-state index in [9.17, 15) is 8.42 Å². The Kier molecular flexibility index (Phi) is 4.19. The van der Waals surface area contributed by atoms with Crippen LogP contribution in [-0.2, 0) is 9.84 Å². The van der Waals surface area contributed by atoms with E-state index in [0.29, 0.717) is 12.5 Å². The summed E-state index contributed by atoms with van der Waals surface area (Å²) in [5, 5.41) is 3.29. The number of sulfone groups is 1. The molecule has 1 aliphatic heterocycles. The number of rotatable bonds is 5. The topological polar surface area (TPSA) is 68.3 Å². The van der Waals surface area contributed by atoms with Crippen molar-refractivity contribution in [2.75, 3.05) is 26.0 Å². The lowest BCUT2D eigenvalue weighted by atomic mass is 10.1. The summed E-state index contributed by atoms with van der Waals surface area (Å²) >= 11 is 0. The van der Waals surface area contributed by atoms with E-state index in [4.69, 9.17) is 4.74 Å². The molecule has 1 N–H and O–H groups in total. The van der Waals surface area contributed by atoms with Crippen molar-refractivity contribution < 1.29 is 13.2 Å². The lowest BCUT2D eigenvalue weighted by Crippen LogP contribution is -2.13. The van der Waals surface area contributed by atoms with Gasteiger partial charge < -0.3 is 10.1 Å². The van der Waals surface area contributed by atoms with E-state index in [-0.39, 0.29) is 10.8 Å². The van der Waals surface area contributed by atoms with Gasteiger partial charge >= 0.3 is 0 Å². The largest absolute Gasteiger partial charge is 0.477 e. The normalized spacial score (nSPS) is 19.9. The van der Waals surface area contributed by atoms with E-state index in [0.717, 1.165) is 32.2 Å². The molecule has 0 radical (unpaired) electrons. The van der Waals surface area contributed by atoms with Gasteiger partial charge in [-0.2, -0.15) is 0 Å². The van der Waals surface area contributed by atoms with Crippen LogP contribution < -0.4 is 10.1 Å². The highest BCUT2D eigenvalue weighted by atomic mass is 32.2. The molecule has 2 rings (SSSR count). The molecule has 1 unspecified atom stereocenters. The van der Waals surface area contributed by atoms with Crippen LogP contribution in [0.25, 0.3) is 0 Å².